The molecule has 0 radical (unpaired) electrons. The molecule has 2 aromatic heterocycles. The van der Waals surface area contributed by atoms with Gasteiger partial charge in [0.2, 0.25) is 11.7 Å². The first-order valence-electron chi connectivity index (χ1n) is 5.59. The third-order valence-corrected chi connectivity index (χ3v) is 4.23. The van der Waals surface area contributed by atoms with Gasteiger partial charge in [-0.2, -0.15) is 4.98 Å². The number of thioether (sulfide) groups is 1. The van der Waals surface area contributed by atoms with Gasteiger partial charge in [-0.1, -0.05) is 17.3 Å². The quantitative estimate of drug-likeness (QED) is 0.741. The Morgan fingerprint density at radius 3 is 3.00 bits per heavy atom. The average molecular weight is 290 g/mol. The minimum absolute atomic E-state index is 0.259. The Labute approximate surface area is 118 Å². The van der Waals surface area contributed by atoms with Gasteiger partial charge >= 0.3 is 0 Å². The van der Waals surface area contributed by atoms with Gasteiger partial charge in [0.05, 0.1) is 10.6 Å². The normalized spacial score (nSPS) is 10.7. The highest BCUT2D eigenvalue weighted by molar-refractivity contribution is 7.98. The van der Waals surface area contributed by atoms with Crippen LogP contribution in [-0.4, -0.2) is 15.2 Å². The van der Waals surface area contributed by atoms with Gasteiger partial charge in [-0.3, -0.25) is 0 Å². The van der Waals surface area contributed by atoms with Crippen molar-refractivity contribution in [1.29, 1.82) is 0 Å². The number of phenols is 1. The van der Waals surface area contributed by atoms with E-state index in [9.17, 15) is 5.11 Å². The number of benzene rings is 1. The van der Waals surface area contributed by atoms with E-state index in [2.05, 4.69) is 10.1 Å². The highest BCUT2D eigenvalue weighted by atomic mass is 32.2. The Bertz CT molecular complexity index is 665. The van der Waals surface area contributed by atoms with Crippen molar-refractivity contribution in [1.82, 2.24) is 10.1 Å². The lowest BCUT2D eigenvalue weighted by molar-refractivity contribution is 0.392. The number of aromatic nitrogens is 2. The maximum absolute atomic E-state index is 9.38. The molecule has 19 heavy (non-hydrogen) atoms. The summed E-state index contributed by atoms with van der Waals surface area (Å²) in [6.07, 6.45) is 0. The zero-order valence-electron chi connectivity index (χ0n) is 9.81. The summed E-state index contributed by atoms with van der Waals surface area (Å²) in [5.74, 6) is 2.05. The van der Waals surface area contributed by atoms with Gasteiger partial charge in [0.1, 0.15) is 5.75 Å². The van der Waals surface area contributed by atoms with Crippen LogP contribution in [0.1, 0.15) is 5.89 Å². The molecular formula is C13H10N2O2S2. The highest BCUT2D eigenvalue weighted by Crippen LogP contribution is 2.27. The molecule has 0 unspecified atom stereocenters. The SMILES string of the molecule is Oc1cccc(SCc2nc(-c3cccs3)no2)c1. The monoisotopic (exact) mass is 290 g/mol. The van der Waals surface area contributed by atoms with E-state index in [1.807, 2.05) is 29.6 Å². The van der Waals surface area contributed by atoms with Crippen LogP contribution >= 0.6 is 23.1 Å². The first-order valence-corrected chi connectivity index (χ1v) is 7.46. The average Bonchev–Trinajstić information content (AvgIpc) is 3.07. The summed E-state index contributed by atoms with van der Waals surface area (Å²) < 4.78 is 5.20. The minimum Gasteiger partial charge on any atom is -0.508 e. The van der Waals surface area contributed by atoms with E-state index in [1.54, 1.807) is 35.2 Å². The van der Waals surface area contributed by atoms with Crippen molar-refractivity contribution in [3.05, 3.63) is 47.7 Å². The molecule has 0 bridgehead atoms. The predicted molar refractivity (Wildman–Crippen MR) is 75.3 cm³/mol. The molecule has 3 aromatic rings. The standard InChI is InChI=1S/C13H10N2O2S2/c16-9-3-1-4-10(7-9)19-8-12-14-13(15-17-12)11-5-2-6-18-11/h1-7,16H,8H2. The molecule has 2 heterocycles. The van der Waals surface area contributed by atoms with Gasteiger partial charge in [0.25, 0.3) is 0 Å². The van der Waals surface area contributed by atoms with Crippen molar-refractivity contribution in [2.45, 2.75) is 10.6 Å². The molecule has 0 saturated heterocycles. The lowest BCUT2D eigenvalue weighted by Crippen LogP contribution is -1.81. The number of phenolic OH excluding ortho intramolecular Hbond substituents is 1. The molecule has 6 heteroatoms. The van der Waals surface area contributed by atoms with Gasteiger partial charge in [-0.05, 0) is 29.6 Å². The first-order chi connectivity index (χ1) is 9.31. The lowest BCUT2D eigenvalue weighted by Gasteiger charge is -1.98. The van der Waals surface area contributed by atoms with Gasteiger partial charge in [0.15, 0.2) is 0 Å². The summed E-state index contributed by atoms with van der Waals surface area (Å²) in [4.78, 5) is 6.31. The van der Waals surface area contributed by atoms with Crippen LogP contribution in [0.5, 0.6) is 5.75 Å². The molecule has 96 valence electrons. The number of thiophene rings is 1. The summed E-state index contributed by atoms with van der Waals surface area (Å²) in [5.41, 5.74) is 0. The fraction of sp³-hybridized carbons (Fsp3) is 0.0769. The van der Waals surface area contributed by atoms with Crippen LogP contribution < -0.4 is 0 Å². The molecule has 0 aliphatic heterocycles. The summed E-state index contributed by atoms with van der Waals surface area (Å²) in [7, 11) is 0. The van der Waals surface area contributed by atoms with Crippen molar-refractivity contribution >= 4 is 23.1 Å². The molecule has 0 aliphatic rings. The summed E-state index contributed by atoms with van der Waals surface area (Å²) in [5, 5.41) is 15.3. The zero-order chi connectivity index (χ0) is 13.1. The lowest BCUT2D eigenvalue weighted by atomic mass is 10.3. The fourth-order valence-electron chi connectivity index (χ4n) is 1.54. The maximum Gasteiger partial charge on any atom is 0.237 e. The Hall–Kier alpha value is -1.79. The van der Waals surface area contributed by atoms with Crippen LogP contribution in [0.2, 0.25) is 0 Å². The Morgan fingerprint density at radius 2 is 2.21 bits per heavy atom. The maximum atomic E-state index is 9.38. The summed E-state index contributed by atoms with van der Waals surface area (Å²) in [6.45, 7) is 0. The largest absolute Gasteiger partial charge is 0.508 e. The molecule has 0 fully saturated rings. The van der Waals surface area contributed by atoms with E-state index in [1.165, 1.54) is 0 Å². The molecule has 4 nitrogen and oxygen atoms in total. The Kier molecular flexibility index (Phi) is 3.52. The third-order valence-electron chi connectivity index (χ3n) is 2.39. The first kappa shape index (κ1) is 12.3. The molecule has 0 atom stereocenters. The van der Waals surface area contributed by atoms with Gasteiger partial charge in [-0.25, -0.2) is 0 Å². The van der Waals surface area contributed by atoms with Crippen LogP contribution in [0.15, 0.2) is 51.2 Å². The summed E-state index contributed by atoms with van der Waals surface area (Å²) in [6, 6.07) is 11.0. The van der Waals surface area contributed by atoms with Gasteiger partial charge in [0, 0.05) is 4.90 Å². The third kappa shape index (κ3) is 2.97. The molecule has 1 aromatic carbocycles. The fourth-order valence-corrected chi connectivity index (χ4v) is 2.97. The van der Waals surface area contributed by atoms with Crippen molar-refractivity contribution in [2.24, 2.45) is 0 Å². The van der Waals surface area contributed by atoms with Crippen LogP contribution in [0.3, 0.4) is 0 Å². The number of nitrogens with zero attached hydrogens (tertiary/aromatic N) is 2. The topological polar surface area (TPSA) is 59.2 Å². The molecule has 3 rings (SSSR count). The van der Waals surface area contributed by atoms with Gasteiger partial charge < -0.3 is 9.63 Å². The van der Waals surface area contributed by atoms with Crippen LogP contribution in [0.25, 0.3) is 10.7 Å². The molecular weight excluding hydrogens is 280 g/mol. The number of aromatic hydroxyl groups is 1. The number of hydrogen-bond donors (Lipinski definition) is 1. The predicted octanol–water partition coefficient (Wildman–Crippen LogP) is 3.80. The number of hydrogen-bond acceptors (Lipinski definition) is 6. The van der Waals surface area contributed by atoms with Crippen molar-refractivity contribution in [2.75, 3.05) is 0 Å². The van der Waals surface area contributed by atoms with E-state index in [-0.39, 0.29) is 5.75 Å². The Morgan fingerprint density at radius 1 is 1.26 bits per heavy atom. The van der Waals surface area contributed by atoms with E-state index in [0.29, 0.717) is 17.5 Å². The molecule has 0 saturated carbocycles. The van der Waals surface area contributed by atoms with Crippen LogP contribution in [0, 0.1) is 0 Å². The van der Waals surface area contributed by atoms with E-state index in [0.717, 1.165) is 9.77 Å². The molecule has 0 aliphatic carbocycles. The van der Waals surface area contributed by atoms with Crippen LogP contribution in [0.4, 0.5) is 0 Å². The molecule has 0 spiro atoms. The smallest absolute Gasteiger partial charge is 0.237 e. The van der Waals surface area contributed by atoms with Crippen molar-refractivity contribution < 1.29 is 9.63 Å². The van der Waals surface area contributed by atoms with Crippen LogP contribution in [-0.2, 0) is 5.75 Å². The minimum atomic E-state index is 0.259. The van der Waals surface area contributed by atoms with Crippen molar-refractivity contribution in [3.8, 4) is 16.5 Å². The van der Waals surface area contributed by atoms with E-state index in [4.69, 9.17) is 4.52 Å². The van der Waals surface area contributed by atoms with Gasteiger partial charge in [-0.15, -0.1) is 23.1 Å². The Balaban J connectivity index is 1.68. The summed E-state index contributed by atoms with van der Waals surface area (Å²) >= 11 is 3.13. The highest BCUT2D eigenvalue weighted by Gasteiger charge is 2.09. The molecule has 1 N–H and O–H groups in total. The van der Waals surface area contributed by atoms with E-state index < -0.39 is 0 Å². The second kappa shape index (κ2) is 5.46. The zero-order valence-corrected chi connectivity index (χ0v) is 11.4. The molecule has 0 amide bonds. The van der Waals surface area contributed by atoms with E-state index >= 15 is 0 Å². The second-order valence-corrected chi connectivity index (χ2v) is 5.77. The number of rotatable bonds is 4. The second-order valence-electron chi connectivity index (χ2n) is 3.78. The van der Waals surface area contributed by atoms with Crippen molar-refractivity contribution in [3.63, 3.8) is 0 Å².